The summed E-state index contributed by atoms with van der Waals surface area (Å²) in [5, 5.41) is 4.64. The van der Waals surface area contributed by atoms with Crippen LogP contribution in [0.5, 0.6) is 0 Å². The second kappa shape index (κ2) is 6.37. The van der Waals surface area contributed by atoms with Crippen LogP contribution in [0.1, 0.15) is 16.1 Å². The van der Waals surface area contributed by atoms with E-state index < -0.39 is 0 Å². The number of aromatic nitrogens is 1. The Morgan fingerprint density at radius 1 is 1.05 bits per heavy atom. The molecule has 1 N–H and O–H groups in total. The molecule has 0 aliphatic rings. The molecule has 1 heterocycles. The third kappa shape index (κ3) is 3.49. The van der Waals surface area contributed by atoms with Gasteiger partial charge in [-0.25, -0.2) is 4.98 Å². The monoisotopic (exact) mass is 296 g/mol. The van der Waals surface area contributed by atoms with Crippen LogP contribution in [-0.4, -0.2) is 18.1 Å². The minimum absolute atomic E-state index is 0.424. The number of likely N-dealkylation sites (N-methyl/N-ethyl adjacent to an activating group) is 1. The van der Waals surface area contributed by atoms with Crippen LogP contribution in [0.2, 0.25) is 0 Å². The van der Waals surface area contributed by atoms with Crippen molar-refractivity contribution in [3.63, 3.8) is 0 Å². The molecule has 108 valence electrons. The lowest BCUT2D eigenvalue weighted by Gasteiger charge is -2.14. The highest BCUT2D eigenvalue weighted by Gasteiger charge is 2.12. The van der Waals surface area contributed by atoms with E-state index in [0.717, 1.165) is 18.4 Å². The molecule has 1 aromatic heterocycles. The molecule has 0 aliphatic carbocycles. The van der Waals surface area contributed by atoms with Crippen LogP contribution in [0.25, 0.3) is 10.2 Å². The number of benzene rings is 2. The SMILES string of the molecule is CNC(Cc1ccc(C)cc1)Cc1nc2ccccc2s1. The Balaban J connectivity index is 1.73. The standard InChI is InChI=1S/C18H20N2S/c1-13-7-9-14(10-8-13)11-15(19-2)12-18-20-16-5-3-4-6-17(16)21-18/h3-10,15,19H,11-12H2,1-2H3. The van der Waals surface area contributed by atoms with E-state index in [9.17, 15) is 0 Å². The van der Waals surface area contributed by atoms with Gasteiger partial charge in [0, 0.05) is 12.5 Å². The number of rotatable bonds is 5. The van der Waals surface area contributed by atoms with Crippen LogP contribution in [0.3, 0.4) is 0 Å². The average Bonchev–Trinajstić information content (AvgIpc) is 2.91. The van der Waals surface area contributed by atoms with Crippen molar-refractivity contribution < 1.29 is 0 Å². The number of thiazole rings is 1. The molecule has 1 atom stereocenters. The van der Waals surface area contributed by atoms with Gasteiger partial charge in [0.15, 0.2) is 0 Å². The van der Waals surface area contributed by atoms with Crippen LogP contribution < -0.4 is 5.32 Å². The van der Waals surface area contributed by atoms with E-state index in [-0.39, 0.29) is 0 Å². The number of aryl methyl sites for hydroxylation is 1. The van der Waals surface area contributed by atoms with Gasteiger partial charge in [-0.3, -0.25) is 0 Å². The molecule has 21 heavy (non-hydrogen) atoms. The second-order valence-electron chi connectivity index (χ2n) is 5.45. The highest BCUT2D eigenvalue weighted by atomic mass is 32.1. The summed E-state index contributed by atoms with van der Waals surface area (Å²) in [6.45, 7) is 2.13. The van der Waals surface area contributed by atoms with Gasteiger partial charge < -0.3 is 5.32 Å². The molecular weight excluding hydrogens is 276 g/mol. The molecule has 0 radical (unpaired) electrons. The lowest BCUT2D eigenvalue weighted by Crippen LogP contribution is -2.29. The summed E-state index contributed by atoms with van der Waals surface area (Å²) in [6.07, 6.45) is 2.01. The normalized spacial score (nSPS) is 12.7. The molecule has 2 nitrogen and oxygen atoms in total. The Bertz CT molecular complexity index is 682. The lowest BCUT2D eigenvalue weighted by atomic mass is 10.0. The minimum atomic E-state index is 0.424. The first kappa shape index (κ1) is 14.2. The van der Waals surface area contributed by atoms with E-state index in [2.05, 4.69) is 54.7 Å². The maximum Gasteiger partial charge on any atom is 0.0954 e. The van der Waals surface area contributed by atoms with Gasteiger partial charge in [0.1, 0.15) is 0 Å². The maximum absolute atomic E-state index is 4.73. The van der Waals surface area contributed by atoms with E-state index in [1.807, 2.05) is 13.1 Å². The molecule has 3 aromatic rings. The quantitative estimate of drug-likeness (QED) is 0.770. The molecule has 1 unspecified atom stereocenters. The largest absolute Gasteiger partial charge is 0.316 e. The summed E-state index contributed by atoms with van der Waals surface area (Å²) in [4.78, 5) is 4.73. The number of hydrogen-bond donors (Lipinski definition) is 1. The van der Waals surface area contributed by atoms with Gasteiger partial charge in [0.05, 0.1) is 15.2 Å². The first-order chi connectivity index (χ1) is 10.2. The average molecular weight is 296 g/mol. The van der Waals surface area contributed by atoms with Crippen molar-refractivity contribution in [2.45, 2.75) is 25.8 Å². The lowest BCUT2D eigenvalue weighted by molar-refractivity contribution is 0.555. The van der Waals surface area contributed by atoms with Crippen LogP contribution in [0, 0.1) is 6.92 Å². The van der Waals surface area contributed by atoms with Gasteiger partial charge in [-0.2, -0.15) is 0 Å². The van der Waals surface area contributed by atoms with E-state index in [0.29, 0.717) is 6.04 Å². The van der Waals surface area contributed by atoms with E-state index in [4.69, 9.17) is 4.98 Å². The van der Waals surface area contributed by atoms with Crippen LogP contribution in [-0.2, 0) is 12.8 Å². The Labute approximate surface area is 129 Å². The molecule has 3 heteroatoms. The Morgan fingerprint density at radius 2 is 1.81 bits per heavy atom. The zero-order valence-electron chi connectivity index (χ0n) is 12.5. The number of nitrogens with one attached hydrogen (secondary N) is 1. The van der Waals surface area contributed by atoms with Gasteiger partial charge in [-0.1, -0.05) is 42.0 Å². The number of fused-ring (bicyclic) bond motifs is 1. The van der Waals surface area contributed by atoms with Crippen LogP contribution in [0.4, 0.5) is 0 Å². The zero-order valence-corrected chi connectivity index (χ0v) is 13.3. The van der Waals surface area contributed by atoms with E-state index in [1.54, 1.807) is 11.3 Å². The highest BCUT2D eigenvalue weighted by Crippen LogP contribution is 2.23. The zero-order chi connectivity index (χ0) is 14.7. The number of para-hydroxylation sites is 1. The van der Waals surface area contributed by atoms with Crippen LogP contribution in [0.15, 0.2) is 48.5 Å². The summed E-state index contributed by atoms with van der Waals surface area (Å²) in [6, 6.07) is 17.6. The van der Waals surface area contributed by atoms with Crippen molar-refractivity contribution in [3.8, 4) is 0 Å². The molecule has 0 fully saturated rings. The molecule has 0 aliphatic heterocycles. The fraction of sp³-hybridized carbons (Fsp3) is 0.278. The summed E-state index contributed by atoms with van der Waals surface area (Å²) >= 11 is 1.80. The van der Waals surface area contributed by atoms with Gasteiger partial charge in [-0.15, -0.1) is 11.3 Å². The van der Waals surface area contributed by atoms with Crippen molar-refractivity contribution >= 4 is 21.6 Å². The fourth-order valence-electron chi connectivity index (χ4n) is 2.50. The molecule has 0 saturated carbocycles. The number of nitrogens with zero attached hydrogens (tertiary/aromatic N) is 1. The predicted octanol–water partition coefficient (Wildman–Crippen LogP) is 3.98. The first-order valence-corrected chi connectivity index (χ1v) is 8.13. The van der Waals surface area contributed by atoms with Crippen molar-refractivity contribution in [3.05, 3.63) is 64.7 Å². The molecule has 0 saturated heterocycles. The molecule has 0 amide bonds. The Morgan fingerprint density at radius 3 is 2.52 bits per heavy atom. The second-order valence-corrected chi connectivity index (χ2v) is 6.57. The number of hydrogen-bond acceptors (Lipinski definition) is 3. The topological polar surface area (TPSA) is 24.9 Å². The van der Waals surface area contributed by atoms with E-state index in [1.165, 1.54) is 20.8 Å². The van der Waals surface area contributed by atoms with Gasteiger partial charge >= 0.3 is 0 Å². The van der Waals surface area contributed by atoms with Crippen molar-refractivity contribution in [2.75, 3.05) is 7.05 Å². The fourth-order valence-corrected chi connectivity index (χ4v) is 3.55. The molecule has 0 spiro atoms. The van der Waals surface area contributed by atoms with E-state index >= 15 is 0 Å². The van der Waals surface area contributed by atoms with Crippen LogP contribution >= 0.6 is 11.3 Å². The summed E-state index contributed by atoms with van der Waals surface area (Å²) in [5.74, 6) is 0. The highest BCUT2D eigenvalue weighted by molar-refractivity contribution is 7.18. The Hall–Kier alpha value is -1.71. The maximum atomic E-state index is 4.73. The third-order valence-corrected chi connectivity index (χ3v) is 4.83. The Kier molecular flexibility index (Phi) is 4.32. The molecule has 0 bridgehead atoms. The summed E-state index contributed by atoms with van der Waals surface area (Å²) in [5.41, 5.74) is 3.80. The summed E-state index contributed by atoms with van der Waals surface area (Å²) < 4.78 is 1.28. The first-order valence-electron chi connectivity index (χ1n) is 7.32. The van der Waals surface area contributed by atoms with Gasteiger partial charge in [0.2, 0.25) is 0 Å². The van der Waals surface area contributed by atoms with Crippen molar-refractivity contribution in [2.24, 2.45) is 0 Å². The smallest absolute Gasteiger partial charge is 0.0954 e. The van der Waals surface area contributed by atoms with Crippen molar-refractivity contribution in [1.29, 1.82) is 0 Å². The molecular formula is C18H20N2S. The predicted molar refractivity (Wildman–Crippen MR) is 91.1 cm³/mol. The van der Waals surface area contributed by atoms with Crippen molar-refractivity contribution in [1.82, 2.24) is 10.3 Å². The van der Waals surface area contributed by atoms with Gasteiger partial charge in [-0.05, 0) is 38.1 Å². The van der Waals surface area contributed by atoms with Gasteiger partial charge in [0.25, 0.3) is 0 Å². The summed E-state index contributed by atoms with van der Waals surface area (Å²) in [7, 11) is 2.03. The molecule has 2 aromatic carbocycles. The minimum Gasteiger partial charge on any atom is -0.316 e. The molecule has 3 rings (SSSR count). The third-order valence-electron chi connectivity index (χ3n) is 3.77.